The van der Waals surface area contributed by atoms with E-state index >= 15 is 0 Å². The Kier molecular flexibility index (Phi) is 1.46. The molecule has 12 heavy (non-hydrogen) atoms. The van der Waals surface area contributed by atoms with Crippen LogP contribution in [0.25, 0.3) is 0 Å². The molecule has 66 valence electrons. The Morgan fingerprint density at radius 2 is 2.33 bits per heavy atom. The van der Waals surface area contributed by atoms with Gasteiger partial charge in [-0.25, -0.2) is 9.59 Å². The van der Waals surface area contributed by atoms with Crippen LogP contribution >= 0.6 is 0 Å². The first kappa shape index (κ1) is 7.39. The zero-order valence-corrected chi connectivity index (χ0v) is 6.40. The SMILES string of the molecule is O=C(O)C1CCC2CN1C(=O)O2. The highest BCUT2D eigenvalue weighted by molar-refractivity contribution is 5.81. The Labute approximate surface area is 68.9 Å². The number of carbonyl (C=O) groups is 2. The molecule has 0 spiro atoms. The highest BCUT2D eigenvalue weighted by atomic mass is 16.6. The molecule has 0 radical (unpaired) electrons. The minimum absolute atomic E-state index is 0.0758. The van der Waals surface area contributed by atoms with Crippen LogP contribution in [-0.2, 0) is 9.53 Å². The third-order valence-corrected chi connectivity index (χ3v) is 2.33. The molecule has 2 aliphatic rings. The first-order valence-corrected chi connectivity index (χ1v) is 3.88. The molecule has 2 rings (SSSR count). The number of hydrogen-bond acceptors (Lipinski definition) is 3. The summed E-state index contributed by atoms with van der Waals surface area (Å²) in [6.45, 7) is 0.440. The molecule has 2 aliphatic heterocycles. The van der Waals surface area contributed by atoms with E-state index in [2.05, 4.69) is 0 Å². The number of carboxylic acid groups (broad SMARTS) is 1. The van der Waals surface area contributed by atoms with Gasteiger partial charge in [-0.3, -0.25) is 4.90 Å². The molecule has 1 amide bonds. The first-order chi connectivity index (χ1) is 5.68. The largest absolute Gasteiger partial charge is 0.480 e. The van der Waals surface area contributed by atoms with Crippen LogP contribution < -0.4 is 0 Å². The van der Waals surface area contributed by atoms with Crippen molar-refractivity contribution in [2.75, 3.05) is 6.54 Å². The van der Waals surface area contributed by atoms with Crippen LogP contribution in [0.2, 0.25) is 0 Å². The number of fused-ring (bicyclic) bond motifs is 2. The van der Waals surface area contributed by atoms with Crippen molar-refractivity contribution >= 4 is 12.1 Å². The molecule has 1 N–H and O–H groups in total. The summed E-state index contributed by atoms with van der Waals surface area (Å²) < 4.78 is 4.89. The average Bonchev–Trinajstić information content (AvgIpc) is 2.28. The molecule has 0 aromatic rings. The lowest BCUT2D eigenvalue weighted by molar-refractivity contribution is -0.142. The van der Waals surface area contributed by atoms with E-state index in [1.165, 1.54) is 4.90 Å². The number of aliphatic carboxylic acids is 1. The zero-order chi connectivity index (χ0) is 8.72. The number of amides is 1. The van der Waals surface area contributed by atoms with Gasteiger partial charge in [0.15, 0.2) is 0 Å². The monoisotopic (exact) mass is 171 g/mol. The van der Waals surface area contributed by atoms with Gasteiger partial charge in [0.25, 0.3) is 0 Å². The predicted octanol–water partition coefficient (Wildman–Crippen LogP) is 0.0542. The second-order valence-electron chi connectivity index (χ2n) is 3.09. The van der Waals surface area contributed by atoms with Crippen molar-refractivity contribution in [1.29, 1.82) is 0 Å². The number of rotatable bonds is 1. The summed E-state index contributed by atoms with van der Waals surface area (Å²) in [7, 11) is 0. The van der Waals surface area contributed by atoms with Crippen molar-refractivity contribution in [2.45, 2.75) is 25.0 Å². The number of carbonyl (C=O) groups excluding carboxylic acids is 1. The van der Waals surface area contributed by atoms with Gasteiger partial charge in [-0.05, 0) is 12.8 Å². The second kappa shape index (κ2) is 2.36. The van der Waals surface area contributed by atoms with E-state index in [1.54, 1.807) is 0 Å². The van der Waals surface area contributed by atoms with Crippen LogP contribution in [0.15, 0.2) is 0 Å². The third-order valence-electron chi connectivity index (χ3n) is 2.33. The first-order valence-electron chi connectivity index (χ1n) is 3.88. The van der Waals surface area contributed by atoms with Crippen molar-refractivity contribution in [3.63, 3.8) is 0 Å². The maximum absolute atomic E-state index is 11.0. The lowest BCUT2D eigenvalue weighted by Crippen LogP contribution is -2.44. The van der Waals surface area contributed by atoms with Crippen LogP contribution in [0.3, 0.4) is 0 Å². The Hall–Kier alpha value is -1.26. The van der Waals surface area contributed by atoms with Gasteiger partial charge in [0.05, 0.1) is 6.54 Å². The number of nitrogens with zero attached hydrogens (tertiary/aromatic N) is 1. The number of ether oxygens (including phenoxy) is 1. The van der Waals surface area contributed by atoms with E-state index < -0.39 is 18.1 Å². The summed E-state index contributed by atoms with van der Waals surface area (Å²) in [5.41, 5.74) is 0. The number of hydrogen-bond donors (Lipinski definition) is 1. The summed E-state index contributed by atoms with van der Waals surface area (Å²) in [6, 6.07) is -0.670. The van der Waals surface area contributed by atoms with Gasteiger partial charge in [0.1, 0.15) is 12.1 Å². The van der Waals surface area contributed by atoms with Crippen LogP contribution in [-0.4, -0.2) is 40.8 Å². The van der Waals surface area contributed by atoms with Gasteiger partial charge in [-0.1, -0.05) is 0 Å². The molecular weight excluding hydrogens is 162 g/mol. The predicted molar refractivity (Wildman–Crippen MR) is 37.6 cm³/mol. The Bertz CT molecular complexity index is 240. The van der Waals surface area contributed by atoms with Crippen LogP contribution in [0.5, 0.6) is 0 Å². The number of piperidine rings is 1. The normalized spacial score (nSPS) is 33.3. The van der Waals surface area contributed by atoms with Gasteiger partial charge in [0.2, 0.25) is 0 Å². The molecule has 0 aromatic heterocycles. The van der Waals surface area contributed by atoms with E-state index in [-0.39, 0.29) is 6.10 Å². The number of carboxylic acids is 1. The minimum Gasteiger partial charge on any atom is -0.480 e. The van der Waals surface area contributed by atoms with Gasteiger partial charge < -0.3 is 9.84 Å². The van der Waals surface area contributed by atoms with E-state index in [9.17, 15) is 9.59 Å². The van der Waals surface area contributed by atoms with Crippen molar-refractivity contribution in [3.05, 3.63) is 0 Å². The molecule has 2 bridgehead atoms. The topological polar surface area (TPSA) is 66.8 Å². The zero-order valence-electron chi connectivity index (χ0n) is 6.40. The molecule has 2 saturated heterocycles. The Morgan fingerprint density at radius 1 is 1.58 bits per heavy atom. The molecule has 0 saturated carbocycles. The van der Waals surface area contributed by atoms with Gasteiger partial charge in [-0.2, -0.15) is 0 Å². The molecular formula is C7H9NO4. The van der Waals surface area contributed by atoms with Crippen molar-refractivity contribution in [1.82, 2.24) is 4.90 Å². The van der Waals surface area contributed by atoms with E-state index in [0.29, 0.717) is 19.4 Å². The fourth-order valence-corrected chi connectivity index (χ4v) is 1.70. The maximum atomic E-state index is 11.0. The summed E-state index contributed by atoms with van der Waals surface area (Å²) in [6.07, 6.45) is 0.614. The van der Waals surface area contributed by atoms with Crippen molar-refractivity contribution < 1.29 is 19.4 Å². The Balaban J connectivity index is 2.18. The smallest absolute Gasteiger partial charge is 0.410 e. The minimum atomic E-state index is -0.938. The van der Waals surface area contributed by atoms with E-state index in [4.69, 9.17) is 9.84 Å². The standard InChI is InChI=1S/C7H9NO4/c9-6(10)5-2-1-4-3-8(5)7(11)12-4/h4-5H,1-3H2,(H,9,10). The van der Waals surface area contributed by atoms with Gasteiger partial charge in [0, 0.05) is 0 Å². The van der Waals surface area contributed by atoms with Crippen LogP contribution in [0.4, 0.5) is 4.79 Å². The molecule has 2 fully saturated rings. The second-order valence-corrected chi connectivity index (χ2v) is 3.09. The van der Waals surface area contributed by atoms with E-state index in [0.717, 1.165) is 0 Å². The summed E-state index contributed by atoms with van der Waals surface area (Å²) in [4.78, 5) is 22.9. The van der Waals surface area contributed by atoms with E-state index in [1.807, 2.05) is 0 Å². The Morgan fingerprint density at radius 3 is 3.00 bits per heavy atom. The quantitative estimate of drug-likeness (QED) is 0.605. The fraction of sp³-hybridized carbons (Fsp3) is 0.714. The average molecular weight is 171 g/mol. The molecule has 2 unspecified atom stereocenters. The summed E-state index contributed by atoms with van der Waals surface area (Å²) in [5.74, 6) is -0.938. The lowest BCUT2D eigenvalue weighted by atomic mass is 10.0. The molecule has 5 heteroatoms. The van der Waals surface area contributed by atoms with Crippen molar-refractivity contribution in [2.24, 2.45) is 0 Å². The molecule has 0 aromatic carbocycles. The molecule has 0 aliphatic carbocycles. The van der Waals surface area contributed by atoms with Crippen molar-refractivity contribution in [3.8, 4) is 0 Å². The highest BCUT2D eigenvalue weighted by Crippen LogP contribution is 2.26. The molecule has 5 nitrogen and oxygen atoms in total. The highest BCUT2D eigenvalue weighted by Gasteiger charge is 2.43. The fourth-order valence-electron chi connectivity index (χ4n) is 1.70. The summed E-state index contributed by atoms with van der Waals surface area (Å²) in [5, 5.41) is 8.73. The van der Waals surface area contributed by atoms with Gasteiger partial charge >= 0.3 is 12.1 Å². The van der Waals surface area contributed by atoms with Crippen LogP contribution in [0, 0.1) is 0 Å². The van der Waals surface area contributed by atoms with Gasteiger partial charge in [-0.15, -0.1) is 0 Å². The third kappa shape index (κ3) is 0.929. The molecule has 2 heterocycles. The maximum Gasteiger partial charge on any atom is 0.410 e. The molecule has 2 atom stereocenters. The lowest BCUT2D eigenvalue weighted by Gasteiger charge is -2.25. The summed E-state index contributed by atoms with van der Waals surface area (Å²) >= 11 is 0. The van der Waals surface area contributed by atoms with Crippen LogP contribution in [0.1, 0.15) is 12.8 Å².